The van der Waals surface area contributed by atoms with E-state index in [-0.39, 0.29) is 0 Å². The molecule has 2 nitrogen and oxygen atoms in total. The van der Waals surface area contributed by atoms with E-state index in [4.69, 9.17) is 9.47 Å². The summed E-state index contributed by atoms with van der Waals surface area (Å²) in [4.78, 5) is 0. The molecular formula is C9H14O2. The first-order valence-electron chi connectivity index (χ1n) is 4.32. The lowest BCUT2D eigenvalue weighted by atomic mass is 9.94. The third-order valence-corrected chi connectivity index (χ3v) is 2.42. The van der Waals surface area contributed by atoms with Gasteiger partial charge in [-0.1, -0.05) is 13.0 Å². The molecule has 2 aliphatic rings. The molecule has 1 saturated carbocycles. The Morgan fingerprint density at radius 3 is 2.73 bits per heavy atom. The molecule has 1 saturated heterocycles. The van der Waals surface area contributed by atoms with Crippen LogP contribution in [0.1, 0.15) is 25.7 Å². The van der Waals surface area contributed by atoms with Crippen molar-refractivity contribution < 1.29 is 9.47 Å². The summed E-state index contributed by atoms with van der Waals surface area (Å²) < 4.78 is 11.1. The van der Waals surface area contributed by atoms with Gasteiger partial charge in [-0.25, -0.2) is 0 Å². The lowest BCUT2D eigenvalue weighted by Gasteiger charge is -2.36. The molecule has 2 heteroatoms. The van der Waals surface area contributed by atoms with Crippen molar-refractivity contribution >= 4 is 0 Å². The number of hydrogen-bond acceptors (Lipinski definition) is 2. The van der Waals surface area contributed by atoms with Crippen LogP contribution in [0.25, 0.3) is 0 Å². The number of ether oxygens (including phenoxy) is 2. The fourth-order valence-corrected chi connectivity index (χ4v) is 1.84. The Bertz CT molecular complexity index is 165. The van der Waals surface area contributed by atoms with Crippen LogP contribution in [0.2, 0.25) is 0 Å². The summed E-state index contributed by atoms with van der Waals surface area (Å²) in [5, 5.41) is 0. The van der Waals surface area contributed by atoms with Gasteiger partial charge in [0.05, 0.1) is 6.10 Å². The Kier molecular flexibility index (Phi) is 1.86. The molecule has 0 aromatic heterocycles. The fraction of sp³-hybridized carbons (Fsp3) is 0.778. The van der Waals surface area contributed by atoms with Gasteiger partial charge in [-0.05, 0) is 19.3 Å². The molecular weight excluding hydrogens is 140 g/mol. The number of fused-ring (bicyclic) bond motifs is 1. The van der Waals surface area contributed by atoms with E-state index in [0.717, 1.165) is 18.6 Å². The van der Waals surface area contributed by atoms with Crippen LogP contribution in [-0.4, -0.2) is 18.8 Å². The van der Waals surface area contributed by atoms with Crippen molar-refractivity contribution in [2.75, 3.05) is 6.61 Å². The molecule has 0 amide bonds. The van der Waals surface area contributed by atoms with E-state index in [2.05, 4.69) is 6.58 Å². The van der Waals surface area contributed by atoms with Gasteiger partial charge in [0.25, 0.3) is 0 Å². The SMILES string of the molecule is C=C1COC2CCCCC2O1. The van der Waals surface area contributed by atoms with E-state index in [1.54, 1.807) is 0 Å². The molecule has 1 heterocycles. The molecule has 2 fully saturated rings. The molecule has 1 aliphatic carbocycles. The second-order valence-corrected chi connectivity index (χ2v) is 3.33. The van der Waals surface area contributed by atoms with Gasteiger partial charge in [0.15, 0.2) is 0 Å². The van der Waals surface area contributed by atoms with Gasteiger partial charge in [-0.3, -0.25) is 0 Å². The van der Waals surface area contributed by atoms with Crippen LogP contribution < -0.4 is 0 Å². The summed E-state index contributed by atoms with van der Waals surface area (Å²) >= 11 is 0. The van der Waals surface area contributed by atoms with Crippen molar-refractivity contribution in [1.82, 2.24) is 0 Å². The minimum absolute atomic E-state index is 0.310. The summed E-state index contributed by atoms with van der Waals surface area (Å²) in [6, 6.07) is 0. The molecule has 0 spiro atoms. The second kappa shape index (κ2) is 2.86. The highest BCUT2D eigenvalue weighted by Gasteiger charge is 2.31. The maximum atomic E-state index is 5.57. The predicted octanol–water partition coefficient (Wildman–Crippen LogP) is 1.86. The molecule has 2 rings (SSSR count). The first-order chi connectivity index (χ1) is 5.36. The van der Waals surface area contributed by atoms with Crippen molar-refractivity contribution in [2.24, 2.45) is 0 Å². The Labute approximate surface area is 67.2 Å². The van der Waals surface area contributed by atoms with Crippen molar-refractivity contribution in [3.8, 4) is 0 Å². The first-order valence-corrected chi connectivity index (χ1v) is 4.32. The summed E-state index contributed by atoms with van der Waals surface area (Å²) in [6.07, 6.45) is 5.54. The van der Waals surface area contributed by atoms with Crippen molar-refractivity contribution in [3.05, 3.63) is 12.3 Å². The molecule has 0 bridgehead atoms. The zero-order chi connectivity index (χ0) is 7.68. The summed E-state index contributed by atoms with van der Waals surface area (Å²) in [6.45, 7) is 4.36. The van der Waals surface area contributed by atoms with Crippen molar-refractivity contribution in [1.29, 1.82) is 0 Å². The topological polar surface area (TPSA) is 18.5 Å². The summed E-state index contributed by atoms with van der Waals surface area (Å²) in [5.74, 6) is 0.799. The van der Waals surface area contributed by atoms with Gasteiger partial charge in [0, 0.05) is 0 Å². The van der Waals surface area contributed by atoms with E-state index < -0.39 is 0 Å². The fourth-order valence-electron chi connectivity index (χ4n) is 1.84. The molecule has 2 unspecified atom stereocenters. The van der Waals surface area contributed by atoms with Crippen LogP contribution in [-0.2, 0) is 9.47 Å². The lowest BCUT2D eigenvalue weighted by molar-refractivity contribution is -0.118. The number of rotatable bonds is 0. The normalized spacial score (nSPS) is 37.6. The first kappa shape index (κ1) is 7.17. The summed E-state index contributed by atoms with van der Waals surface area (Å²) in [7, 11) is 0. The molecule has 0 aromatic carbocycles. The molecule has 0 radical (unpaired) electrons. The zero-order valence-electron chi connectivity index (χ0n) is 6.71. The number of hydrogen-bond donors (Lipinski definition) is 0. The van der Waals surface area contributed by atoms with E-state index in [9.17, 15) is 0 Å². The van der Waals surface area contributed by atoms with Gasteiger partial charge in [0.2, 0.25) is 0 Å². The Balaban J connectivity index is 1.98. The Morgan fingerprint density at radius 1 is 1.18 bits per heavy atom. The molecule has 0 aromatic rings. The van der Waals surface area contributed by atoms with Crippen LogP contribution in [0.15, 0.2) is 12.3 Å². The van der Waals surface area contributed by atoms with Crippen LogP contribution in [0, 0.1) is 0 Å². The highest BCUT2D eigenvalue weighted by molar-refractivity contribution is 4.92. The van der Waals surface area contributed by atoms with E-state index in [0.29, 0.717) is 18.8 Å². The lowest BCUT2D eigenvalue weighted by Crippen LogP contribution is -2.39. The van der Waals surface area contributed by atoms with E-state index in [1.807, 2.05) is 0 Å². The second-order valence-electron chi connectivity index (χ2n) is 3.33. The van der Waals surface area contributed by atoms with E-state index >= 15 is 0 Å². The third-order valence-electron chi connectivity index (χ3n) is 2.42. The van der Waals surface area contributed by atoms with Crippen molar-refractivity contribution in [3.63, 3.8) is 0 Å². The molecule has 1 aliphatic heterocycles. The molecule has 0 N–H and O–H groups in total. The van der Waals surface area contributed by atoms with Gasteiger partial charge >= 0.3 is 0 Å². The highest BCUT2D eigenvalue weighted by atomic mass is 16.6. The minimum atomic E-state index is 0.310. The maximum absolute atomic E-state index is 5.57. The van der Waals surface area contributed by atoms with Gasteiger partial charge < -0.3 is 9.47 Å². The average molecular weight is 154 g/mol. The molecule has 11 heavy (non-hydrogen) atoms. The highest BCUT2D eigenvalue weighted by Crippen LogP contribution is 2.28. The standard InChI is InChI=1S/C9H14O2/c1-7-6-10-8-4-2-3-5-9(8)11-7/h8-9H,1-6H2. The minimum Gasteiger partial charge on any atom is -0.490 e. The van der Waals surface area contributed by atoms with Crippen LogP contribution in [0.3, 0.4) is 0 Å². The Hall–Kier alpha value is -0.500. The van der Waals surface area contributed by atoms with E-state index in [1.165, 1.54) is 12.8 Å². The van der Waals surface area contributed by atoms with Gasteiger partial charge in [-0.2, -0.15) is 0 Å². The maximum Gasteiger partial charge on any atom is 0.124 e. The predicted molar refractivity (Wildman–Crippen MR) is 42.2 cm³/mol. The third kappa shape index (κ3) is 1.41. The largest absolute Gasteiger partial charge is 0.490 e. The smallest absolute Gasteiger partial charge is 0.124 e. The monoisotopic (exact) mass is 154 g/mol. The van der Waals surface area contributed by atoms with Crippen molar-refractivity contribution in [2.45, 2.75) is 37.9 Å². The average Bonchev–Trinajstić information content (AvgIpc) is 2.04. The van der Waals surface area contributed by atoms with Crippen LogP contribution >= 0.6 is 0 Å². The Morgan fingerprint density at radius 2 is 1.91 bits per heavy atom. The zero-order valence-corrected chi connectivity index (χ0v) is 6.71. The van der Waals surface area contributed by atoms with Gasteiger partial charge in [-0.15, -0.1) is 0 Å². The van der Waals surface area contributed by atoms with Crippen LogP contribution in [0.4, 0.5) is 0 Å². The van der Waals surface area contributed by atoms with Crippen LogP contribution in [0.5, 0.6) is 0 Å². The van der Waals surface area contributed by atoms with Gasteiger partial charge in [0.1, 0.15) is 18.5 Å². The summed E-state index contributed by atoms with van der Waals surface area (Å²) in [5.41, 5.74) is 0. The molecule has 62 valence electrons. The quantitative estimate of drug-likeness (QED) is 0.530. The molecule has 2 atom stereocenters.